The Morgan fingerprint density at radius 1 is 1.07 bits per heavy atom. The third-order valence-corrected chi connectivity index (χ3v) is 2.22. The minimum Gasteiger partial charge on any atom is -0.390 e. The molecule has 0 spiro atoms. The summed E-state index contributed by atoms with van der Waals surface area (Å²) in [6, 6.07) is 5.49. The van der Waals surface area contributed by atoms with Crippen molar-refractivity contribution in [3.63, 3.8) is 0 Å². The third-order valence-electron chi connectivity index (χ3n) is 2.22. The Morgan fingerprint density at radius 3 is 2.00 bits per heavy atom. The molecule has 1 rings (SSSR count). The summed E-state index contributed by atoms with van der Waals surface area (Å²) >= 11 is 0. The fourth-order valence-electron chi connectivity index (χ4n) is 1.22. The van der Waals surface area contributed by atoms with Gasteiger partial charge in [0.15, 0.2) is 0 Å². The van der Waals surface area contributed by atoms with E-state index in [1.54, 1.807) is 0 Å². The number of aliphatic hydroxyl groups is 2. The Bertz CT molecular complexity index is 282. The molecule has 0 aliphatic heterocycles. The molecule has 0 unspecified atom stereocenters. The van der Waals surface area contributed by atoms with E-state index < -0.39 is 12.2 Å². The molecule has 0 bridgehead atoms. The molecule has 1 aromatic rings. The Labute approximate surface area is 83.0 Å². The van der Waals surface area contributed by atoms with E-state index in [0.29, 0.717) is 5.56 Å². The maximum Gasteiger partial charge on any atom is 0.123 e. The normalized spacial score (nSPS) is 15.6. The summed E-state index contributed by atoms with van der Waals surface area (Å²) in [5, 5.41) is 19.3. The lowest BCUT2D eigenvalue weighted by molar-refractivity contribution is -0.00942. The van der Waals surface area contributed by atoms with E-state index in [4.69, 9.17) is 0 Å². The smallest absolute Gasteiger partial charge is 0.123 e. The average Bonchev–Trinajstić information content (AvgIpc) is 2.16. The lowest BCUT2D eigenvalue weighted by atomic mass is 9.96. The first-order valence-electron chi connectivity index (χ1n) is 4.64. The largest absolute Gasteiger partial charge is 0.390 e. The van der Waals surface area contributed by atoms with Crippen LogP contribution in [0.1, 0.15) is 25.5 Å². The monoisotopic (exact) mass is 198 g/mol. The van der Waals surface area contributed by atoms with Crippen LogP contribution >= 0.6 is 0 Å². The second-order valence-corrected chi connectivity index (χ2v) is 3.73. The van der Waals surface area contributed by atoms with Gasteiger partial charge in [-0.1, -0.05) is 26.0 Å². The SMILES string of the molecule is CC(C)[C@@H](O)[C@H](O)c1ccc(F)cc1. The molecule has 0 aromatic heterocycles. The molecule has 0 aliphatic carbocycles. The van der Waals surface area contributed by atoms with Gasteiger partial charge in [-0.15, -0.1) is 0 Å². The topological polar surface area (TPSA) is 40.5 Å². The molecule has 1 aromatic carbocycles. The Hall–Kier alpha value is -0.930. The first-order valence-corrected chi connectivity index (χ1v) is 4.64. The Kier molecular flexibility index (Phi) is 3.61. The molecule has 14 heavy (non-hydrogen) atoms. The highest BCUT2D eigenvalue weighted by molar-refractivity contribution is 5.19. The van der Waals surface area contributed by atoms with Crippen LogP contribution in [0.15, 0.2) is 24.3 Å². The maximum atomic E-state index is 12.6. The zero-order valence-corrected chi connectivity index (χ0v) is 8.31. The van der Waals surface area contributed by atoms with Gasteiger partial charge in [0, 0.05) is 0 Å². The molecule has 2 N–H and O–H groups in total. The van der Waals surface area contributed by atoms with E-state index in [2.05, 4.69) is 0 Å². The van der Waals surface area contributed by atoms with Crippen LogP contribution in [0.3, 0.4) is 0 Å². The first kappa shape index (κ1) is 11.1. The average molecular weight is 198 g/mol. The summed E-state index contributed by atoms with van der Waals surface area (Å²) in [5.74, 6) is -0.380. The van der Waals surface area contributed by atoms with Crippen molar-refractivity contribution >= 4 is 0 Å². The quantitative estimate of drug-likeness (QED) is 0.778. The van der Waals surface area contributed by atoms with Crippen LogP contribution in [0.25, 0.3) is 0 Å². The van der Waals surface area contributed by atoms with Gasteiger partial charge in [-0.25, -0.2) is 4.39 Å². The standard InChI is InChI=1S/C11H15FO2/c1-7(2)10(13)11(14)8-3-5-9(12)6-4-8/h3-7,10-11,13-14H,1-2H3/t10-,11-/m1/s1. The molecule has 0 aliphatic rings. The third kappa shape index (κ3) is 2.53. The predicted octanol–water partition coefficient (Wildman–Crippen LogP) is 1.88. The maximum absolute atomic E-state index is 12.6. The fourth-order valence-corrected chi connectivity index (χ4v) is 1.22. The van der Waals surface area contributed by atoms with Crippen molar-refractivity contribution in [1.29, 1.82) is 0 Å². The lowest BCUT2D eigenvalue weighted by Crippen LogP contribution is -2.23. The van der Waals surface area contributed by atoms with Crippen LogP contribution in [-0.4, -0.2) is 16.3 Å². The molecule has 0 heterocycles. The van der Waals surface area contributed by atoms with Crippen LogP contribution in [0, 0.1) is 11.7 Å². The molecule has 2 atom stereocenters. The van der Waals surface area contributed by atoms with Crippen LogP contribution in [0.5, 0.6) is 0 Å². The van der Waals surface area contributed by atoms with E-state index in [-0.39, 0.29) is 11.7 Å². The van der Waals surface area contributed by atoms with Crippen molar-refractivity contribution in [2.45, 2.75) is 26.1 Å². The van der Waals surface area contributed by atoms with Gasteiger partial charge in [0.1, 0.15) is 11.9 Å². The molecule has 0 radical (unpaired) electrons. The molecule has 0 saturated carbocycles. The summed E-state index contributed by atoms with van der Waals surface area (Å²) in [7, 11) is 0. The van der Waals surface area contributed by atoms with Gasteiger partial charge < -0.3 is 10.2 Å². The van der Waals surface area contributed by atoms with Crippen LogP contribution in [-0.2, 0) is 0 Å². The van der Waals surface area contributed by atoms with Crippen LogP contribution in [0.4, 0.5) is 4.39 Å². The molecule has 2 nitrogen and oxygen atoms in total. The molecule has 78 valence electrons. The molecule has 0 fully saturated rings. The lowest BCUT2D eigenvalue weighted by Gasteiger charge is -2.21. The zero-order valence-electron chi connectivity index (χ0n) is 8.31. The number of hydrogen-bond donors (Lipinski definition) is 2. The number of rotatable bonds is 3. The molecular weight excluding hydrogens is 183 g/mol. The molecule has 0 saturated heterocycles. The van der Waals surface area contributed by atoms with E-state index in [1.165, 1.54) is 24.3 Å². The van der Waals surface area contributed by atoms with Crippen molar-refractivity contribution in [3.05, 3.63) is 35.6 Å². The highest BCUT2D eigenvalue weighted by Crippen LogP contribution is 2.21. The summed E-state index contributed by atoms with van der Waals surface area (Å²) in [5.41, 5.74) is 0.535. The molecular formula is C11H15FO2. The van der Waals surface area contributed by atoms with Crippen molar-refractivity contribution < 1.29 is 14.6 Å². The van der Waals surface area contributed by atoms with E-state index in [9.17, 15) is 14.6 Å². The van der Waals surface area contributed by atoms with Crippen molar-refractivity contribution in [1.82, 2.24) is 0 Å². The van der Waals surface area contributed by atoms with Gasteiger partial charge in [-0.05, 0) is 23.6 Å². The van der Waals surface area contributed by atoms with Gasteiger partial charge in [0.2, 0.25) is 0 Å². The summed E-state index contributed by atoms with van der Waals surface area (Å²) in [4.78, 5) is 0. The van der Waals surface area contributed by atoms with Crippen molar-refractivity contribution in [2.75, 3.05) is 0 Å². The van der Waals surface area contributed by atoms with Crippen molar-refractivity contribution in [3.8, 4) is 0 Å². The fraction of sp³-hybridized carbons (Fsp3) is 0.455. The highest BCUT2D eigenvalue weighted by atomic mass is 19.1. The highest BCUT2D eigenvalue weighted by Gasteiger charge is 2.21. The molecule has 0 amide bonds. The van der Waals surface area contributed by atoms with Gasteiger partial charge >= 0.3 is 0 Å². The zero-order chi connectivity index (χ0) is 10.7. The van der Waals surface area contributed by atoms with Gasteiger partial charge in [-0.2, -0.15) is 0 Å². The number of halogens is 1. The summed E-state index contributed by atoms with van der Waals surface area (Å²) in [6.07, 6.45) is -1.77. The van der Waals surface area contributed by atoms with E-state index >= 15 is 0 Å². The second-order valence-electron chi connectivity index (χ2n) is 3.73. The first-order chi connectivity index (χ1) is 6.52. The summed E-state index contributed by atoms with van der Waals surface area (Å²) in [6.45, 7) is 3.63. The second kappa shape index (κ2) is 4.53. The van der Waals surface area contributed by atoms with E-state index in [1.807, 2.05) is 13.8 Å². The summed E-state index contributed by atoms with van der Waals surface area (Å²) < 4.78 is 12.6. The van der Waals surface area contributed by atoms with E-state index in [0.717, 1.165) is 0 Å². The predicted molar refractivity (Wildman–Crippen MR) is 52.2 cm³/mol. The number of benzene rings is 1. The Balaban J connectivity index is 2.78. The number of aliphatic hydroxyl groups excluding tert-OH is 2. The minimum atomic E-state index is -0.949. The number of hydrogen-bond acceptors (Lipinski definition) is 2. The Morgan fingerprint density at radius 2 is 1.57 bits per heavy atom. The van der Waals surface area contributed by atoms with Gasteiger partial charge in [-0.3, -0.25) is 0 Å². The molecule has 3 heteroatoms. The van der Waals surface area contributed by atoms with Crippen LogP contribution < -0.4 is 0 Å². The van der Waals surface area contributed by atoms with Crippen LogP contribution in [0.2, 0.25) is 0 Å². The van der Waals surface area contributed by atoms with Gasteiger partial charge in [0.05, 0.1) is 6.10 Å². The minimum absolute atomic E-state index is 0.0324. The van der Waals surface area contributed by atoms with Gasteiger partial charge in [0.25, 0.3) is 0 Å². The van der Waals surface area contributed by atoms with Crippen molar-refractivity contribution in [2.24, 2.45) is 5.92 Å².